The van der Waals surface area contributed by atoms with E-state index in [4.69, 9.17) is 4.74 Å². The molecule has 182 valence electrons. The number of carbonyl (C=O) groups is 2. The Kier molecular flexibility index (Phi) is 7.01. The molecule has 0 unspecified atom stereocenters. The summed E-state index contributed by atoms with van der Waals surface area (Å²) in [5.74, 6) is 0.393. The number of likely N-dealkylation sites (tertiary alicyclic amines) is 1. The third-order valence-corrected chi connectivity index (χ3v) is 8.39. The van der Waals surface area contributed by atoms with E-state index in [1.165, 1.54) is 44.2 Å². The molecule has 0 aromatic heterocycles. The van der Waals surface area contributed by atoms with Gasteiger partial charge in [0.05, 0.1) is 5.54 Å². The van der Waals surface area contributed by atoms with Gasteiger partial charge in [0.15, 0.2) is 0 Å². The van der Waals surface area contributed by atoms with Gasteiger partial charge in [-0.05, 0) is 75.0 Å². The van der Waals surface area contributed by atoms with Crippen LogP contribution in [0.2, 0.25) is 0 Å². The standard InChI is InChI=1S/C27H39FN2O3/c1-20(17-21-9-11-23(28)12-10-21)24(31)29-15-13-27(14-16-29,22-7-5-4-6-8-22)18-30-25(32)33-19-26(30,2)3/h9-12,20,22H,4-8,13-19H2,1-3H3/t20-/m1/s1. The fourth-order valence-corrected chi connectivity index (χ4v) is 6.19. The van der Waals surface area contributed by atoms with Crippen LogP contribution < -0.4 is 0 Å². The van der Waals surface area contributed by atoms with E-state index in [-0.39, 0.29) is 34.7 Å². The lowest BCUT2D eigenvalue weighted by molar-refractivity contribution is -0.138. The van der Waals surface area contributed by atoms with Crippen molar-refractivity contribution in [2.24, 2.45) is 17.3 Å². The van der Waals surface area contributed by atoms with Gasteiger partial charge in [0.25, 0.3) is 0 Å². The lowest BCUT2D eigenvalue weighted by atomic mass is 9.63. The number of amides is 2. The average Bonchev–Trinajstić information content (AvgIpc) is 3.07. The number of rotatable bonds is 6. The second-order valence-corrected chi connectivity index (χ2v) is 11.2. The smallest absolute Gasteiger partial charge is 0.410 e. The first-order valence-electron chi connectivity index (χ1n) is 12.7. The van der Waals surface area contributed by atoms with E-state index in [0.29, 0.717) is 18.9 Å². The van der Waals surface area contributed by atoms with Gasteiger partial charge in [0.1, 0.15) is 12.4 Å². The van der Waals surface area contributed by atoms with Crippen LogP contribution in [-0.2, 0) is 16.0 Å². The topological polar surface area (TPSA) is 49.9 Å². The zero-order valence-electron chi connectivity index (χ0n) is 20.4. The number of carbonyl (C=O) groups excluding carboxylic acids is 2. The van der Waals surface area contributed by atoms with E-state index < -0.39 is 0 Å². The molecule has 1 aliphatic carbocycles. The van der Waals surface area contributed by atoms with Gasteiger partial charge < -0.3 is 9.64 Å². The van der Waals surface area contributed by atoms with Crippen molar-refractivity contribution in [3.05, 3.63) is 35.6 Å². The van der Waals surface area contributed by atoms with Crippen LogP contribution >= 0.6 is 0 Å². The highest BCUT2D eigenvalue weighted by atomic mass is 19.1. The van der Waals surface area contributed by atoms with Gasteiger partial charge in [-0.2, -0.15) is 0 Å². The normalized spacial score (nSPS) is 23.9. The number of hydrogen-bond acceptors (Lipinski definition) is 3. The summed E-state index contributed by atoms with van der Waals surface area (Å²) < 4.78 is 18.6. The van der Waals surface area contributed by atoms with Crippen molar-refractivity contribution < 1.29 is 18.7 Å². The lowest BCUT2D eigenvalue weighted by Gasteiger charge is -2.50. The van der Waals surface area contributed by atoms with Gasteiger partial charge in [0, 0.05) is 25.6 Å². The van der Waals surface area contributed by atoms with Gasteiger partial charge in [-0.25, -0.2) is 9.18 Å². The minimum atomic E-state index is -0.282. The minimum absolute atomic E-state index is 0.0536. The highest BCUT2D eigenvalue weighted by Crippen LogP contribution is 2.48. The molecule has 33 heavy (non-hydrogen) atoms. The van der Waals surface area contributed by atoms with Gasteiger partial charge in [-0.15, -0.1) is 0 Å². The SMILES string of the molecule is C[C@H](Cc1ccc(F)cc1)C(=O)N1CCC(CN2C(=O)OCC2(C)C)(C2CCCCC2)CC1. The molecule has 5 nitrogen and oxygen atoms in total. The summed E-state index contributed by atoms with van der Waals surface area (Å²) in [6.45, 7) is 8.80. The Hall–Kier alpha value is -2.11. The molecule has 2 amide bonds. The van der Waals surface area contributed by atoms with E-state index in [0.717, 1.165) is 38.0 Å². The summed E-state index contributed by atoms with van der Waals surface area (Å²) in [5.41, 5.74) is 0.758. The molecule has 4 rings (SSSR count). The summed E-state index contributed by atoms with van der Waals surface area (Å²) in [7, 11) is 0. The predicted octanol–water partition coefficient (Wildman–Crippen LogP) is 5.42. The molecule has 0 bridgehead atoms. The molecule has 3 aliphatic rings. The van der Waals surface area contributed by atoms with Gasteiger partial charge in [-0.3, -0.25) is 9.69 Å². The zero-order valence-corrected chi connectivity index (χ0v) is 20.4. The quantitative estimate of drug-likeness (QED) is 0.572. The van der Waals surface area contributed by atoms with Crippen molar-refractivity contribution >= 4 is 12.0 Å². The maximum atomic E-state index is 13.2. The van der Waals surface area contributed by atoms with E-state index in [1.807, 2.05) is 16.7 Å². The van der Waals surface area contributed by atoms with Crippen LogP contribution in [-0.4, -0.2) is 53.6 Å². The molecule has 2 heterocycles. The van der Waals surface area contributed by atoms with Crippen LogP contribution in [0.25, 0.3) is 0 Å². The van der Waals surface area contributed by atoms with Crippen molar-refractivity contribution in [1.29, 1.82) is 0 Å². The van der Waals surface area contributed by atoms with Crippen LogP contribution in [0.15, 0.2) is 24.3 Å². The Morgan fingerprint density at radius 2 is 1.76 bits per heavy atom. The molecular weight excluding hydrogens is 419 g/mol. The van der Waals surface area contributed by atoms with Crippen LogP contribution in [0.1, 0.15) is 71.3 Å². The Labute approximate surface area is 197 Å². The van der Waals surface area contributed by atoms with E-state index in [2.05, 4.69) is 13.8 Å². The first-order valence-corrected chi connectivity index (χ1v) is 12.7. The fourth-order valence-electron chi connectivity index (χ4n) is 6.19. The first kappa shape index (κ1) is 24.0. The third kappa shape index (κ3) is 5.20. The van der Waals surface area contributed by atoms with E-state index in [9.17, 15) is 14.0 Å². The predicted molar refractivity (Wildman–Crippen MR) is 126 cm³/mol. The second kappa shape index (κ2) is 9.63. The molecule has 0 radical (unpaired) electrons. The summed E-state index contributed by atoms with van der Waals surface area (Å²) >= 11 is 0. The molecule has 3 fully saturated rings. The maximum absolute atomic E-state index is 13.2. The maximum Gasteiger partial charge on any atom is 0.410 e. The molecule has 1 aromatic rings. The molecule has 6 heteroatoms. The molecule has 2 saturated heterocycles. The minimum Gasteiger partial charge on any atom is -0.447 e. The second-order valence-electron chi connectivity index (χ2n) is 11.2. The van der Waals surface area contributed by atoms with Gasteiger partial charge in [0.2, 0.25) is 5.91 Å². The molecule has 2 aliphatic heterocycles. The first-order chi connectivity index (χ1) is 15.7. The summed E-state index contributed by atoms with van der Waals surface area (Å²) in [5, 5.41) is 0. The Bertz CT molecular complexity index is 839. The number of halogens is 1. The van der Waals surface area contributed by atoms with Crippen molar-refractivity contribution in [3.63, 3.8) is 0 Å². The molecule has 0 spiro atoms. The number of cyclic esters (lactones) is 1. The molecule has 1 saturated carbocycles. The highest BCUT2D eigenvalue weighted by molar-refractivity contribution is 5.79. The van der Waals surface area contributed by atoms with Crippen LogP contribution in [0.5, 0.6) is 0 Å². The monoisotopic (exact) mass is 458 g/mol. The van der Waals surface area contributed by atoms with Crippen LogP contribution in [0.4, 0.5) is 9.18 Å². The Morgan fingerprint density at radius 3 is 2.33 bits per heavy atom. The third-order valence-electron chi connectivity index (χ3n) is 8.39. The van der Waals surface area contributed by atoms with Crippen LogP contribution in [0.3, 0.4) is 0 Å². The number of nitrogens with zero attached hydrogens (tertiary/aromatic N) is 2. The highest BCUT2D eigenvalue weighted by Gasteiger charge is 2.49. The van der Waals surface area contributed by atoms with Crippen molar-refractivity contribution in [2.45, 2.75) is 77.7 Å². The average molecular weight is 459 g/mol. The number of ether oxygens (including phenoxy) is 1. The van der Waals surface area contributed by atoms with Gasteiger partial charge in [-0.1, -0.05) is 38.3 Å². The summed E-state index contributed by atoms with van der Waals surface area (Å²) in [6, 6.07) is 6.44. The van der Waals surface area contributed by atoms with E-state index >= 15 is 0 Å². The molecule has 1 atom stereocenters. The number of piperidine rings is 1. The summed E-state index contributed by atoms with van der Waals surface area (Å²) in [6.07, 6.45) is 8.57. The Morgan fingerprint density at radius 1 is 1.12 bits per heavy atom. The number of hydrogen-bond donors (Lipinski definition) is 0. The van der Waals surface area contributed by atoms with Crippen molar-refractivity contribution in [3.8, 4) is 0 Å². The van der Waals surface area contributed by atoms with Gasteiger partial charge >= 0.3 is 6.09 Å². The summed E-state index contributed by atoms with van der Waals surface area (Å²) in [4.78, 5) is 29.8. The van der Waals surface area contributed by atoms with Crippen molar-refractivity contribution in [2.75, 3.05) is 26.2 Å². The van der Waals surface area contributed by atoms with Crippen molar-refractivity contribution in [1.82, 2.24) is 9.80 Å². The largest absolute Gasteiger partial charge is 0.447 e. The van der Waals surface area contributed by atoms with E-state index in [1.54, 1.807) is 12.1 Å². The molecule has 1 aromatic carbocycles. The van der Waals surface area contributed by atoms with Crippen LogP contribution in [0, 0.1) is 23.1 Å². The zero-order chi connectivity index (χ0) is 23.6. The lowest BCUT2D eigenvalue weighted by Crippen LogP contribution is -2.55. The Balaban J connectivity index is 1.44. The fraction of sp³-hybridized carbons (Fsp3) is 0.704. The number of benzene rings is 1. The molecular formula is C27H39FN2O3. The molecule has 0 N–H and O–H groups in total.